The van der Waals surface area contributed by atoms with Crippen LogP contribution >= 0.6 is 15.9 Å². The van der Waals surface area contributed by atoms with Gasteiger partial charge in [0.05, 0.1) is 9.40 Å². The number of benzene rings is 1. The highest BCUT2D eigenvalue weighted by Crippen LogP contribution is 2.29. The lowest BCUT2D eigenvalue weighted by Crippen LogP contribution is -2.37. The summed E-state index contributed by atoms with van der Waals surface area (Å²) in [4.78, 5) is 12.9. The molecule has 20 heavy (non-hydrogen) atoms. The monoisotopic (exact) mass is 341 g/mol. The first-order valence-corrected chi connectivity index (χ1v) is 7.78. The van der Waals surface area contributed by atoms with Crippen molar-refractivity contribution in [1.29, 1.82) is 0 Å². The molecule has 2 rings (SSSR count). The van der Waals surface area contributed by atoms with Gasteiger partial charge in [-0.3, -0.25) is 15.0 Å². The Labute approximate surface area is 127 Å². The highest BCUT2D eigenvalue weighted by molar-refractivity contribution is 9.10. The highest BCUT2D eigenvalue weighted by Gasteiger charge is 2.20. The maximum Gasteiger partial charge on any atom is 0.283 e. The van der Waals surface area contributed by atoms with E-state index in [0.29, 0.717) is 10.5 Å². The van der Waals surface area contributed by atoms with Crippen LogP contribution in [0.15, 0.2) is 22.7 Å². The van der Waals surface area contributed by atoms with Crippen LogP contribution in [0, 0.1) is 10.1 Å². The van der Waals surface area contributed by atoms with Crippen molar-refractivity contribution in [3.8, 4) is 0 Å². The van der Waals surface area contributed by atoms with Crippen molar-refractivity contribution < 1.29 is 4.92 Å². The zero-order chi connectivity index (χ0) is 14.5. The summed E-state index contributed by atoms with van der Waals surface area (Å²) >= 11 is 3.37. The van der Waals surface area contributed by atoms with Gasteiger partial charge in [0, 0.05) is 25.2 Å². The quantitative estimate of drug-likeness (QED) is 0.638. The van der Waals surface area contributed by atoms with Gasteiger partial charge >= 0.3 is 0 Å². The van der Waals surface area contributed by atoms with E-state index in [0.717, 1.165) is 31.7 Å². The van der Waals surface area contributed by atoms with E-state index < -0.39 is 0 Å². The molecule has 1 aromatic rings. The number of likely N-dealkylation sites (N-methyl/N-ethyl adjacent to an activating group) is 1. The Kier molecular flexibility index (Phi) is 5.51. The second kappa shape index (κ2) is 7.15. The van der Waals surface area contributed by atoms with Gasteiger partial charge < -0.3 is 5.32 Å². The SMILES string of the molecule is CCN(Cc1cccc([N+](=O)[O-])c1Br)CC1CCCN1. The van der Waals surface area contributed by atoms with Crippen molar-refractivity contribution in [1.82, 2.24) is 10.2 Å². The molecule has 0 saturated carbocycles. The smallest absolute Gasteiger partial charge is 0.283 e. The zero-order valence-corrected chi connectivity index (χ0v) is 13.2. The fraction of sp³-hybridized carbons (Fsp3) is 0.571. The lowest BCUT2D eigenvalue weighted by molar-refractivity contribution is -0.385. The molecular weight excluding hydrogens is 322 g/mol. The van der Waals surface area contributed by atoms with E-state index in [2.05, 4.69) is 33.1 Å². The second-order valence-corrected chi connectivity index (χ2v) is 5.92. The van der Waals surface area contributed by atoms with Crippen LogP contribution < -0.4 is 5.32 Å². The summed E-state index contributed by atoms with van der Waals surface area (Å²) in [7, 11) is 0. The number of nitro benzene ring substituents is 1. The maximum atomic E-state index is 11.0. The predicted octanol–water partition coefficient (Wildman–Crippen LogP) is 2.93. The van der Waals surface area contributed by atoms with Gasteiger partial charge in [-0.15, -0.1) is 0 Å². The summed E-state index contributed by atoms with van der Waals surface area (Å²) in [6, 6.07) is 5.77. The van der Waals surface area contributed by atoms with Crippen LogP contribution in [0.5, 0.6) is 0 Å². The molecule has 1 atom stereocenters. The summed E-state index contributed by atoms with van der Waals surface area (Å²) < 4.78 is 0.600. The average Bonchev–Trinajstić information content (AvgIpc) is 2.92. The van der Waals surface area contributed by atoms with Gasteiger partial charge in [0.1, 0.15) is 0 Å². The summed E-state index contributed by atoms with van der Waals surface area (Å²) in [5.74, 6) is 0. The second-order valence-electron chi connectivity index (χ2n) is 5.13. The average molecular weight is 342 g/mol. The molecule has 1 heterocycles. The third-order valence-electron chi connectivity index (χ3n) is 3.74. The van der Waals surface area contributed by atoms with E-state index >= 15 is 0 Å². The van der Waals surface area contributed by atoms with Crippen LogP contribution in [0.4, 0.5) is 5.69 Å². The van der Waals surface area contributed by atoms with Gasteiger partial charge in [0.2, 0.25) is 0 Å². The molecule has 1 fully saturated rings. The number of nitro groups is 1. The van der Waals surface area contributed by atoms with Gasteiger partial charge in [-0.05, 0) is 47.4 Å². The summed E-state index contributed by atoms with van der Waals surface area (Å²) in [5, 5.41) is 14.4. The normalized spacial score (nSPS) is 18.6. The molecular formula is C14H20BrN3O2. The van der Waals surface area contributed by atoms with Crippen molar-refractivity contribution >= 4 is 21.6 Å². The van der Waals surface area contributed by atoms with E-state index in [1.165, 1.54) is 18.9 Å². The first-order chi connectivity index (χ1) is 9.61. The minimum Gasteiger partial charge on any atom is -0.313 e. The molecule has 5 nitrogen and oxygen atoms in total. The van der Waals surface area contributed by atoms with Gasteiger partial charge in [0.15, 0.2) is 0 Å². The van der Waals surface area contributed by atoms with Crippen LogP contribution in [0.25, 0.3) is 0 Å². The van der Waals surface area contributed by atoms with Crippen LogP contribution in [0.3, 0.4) is 0 Å². The summed E-state index contributed by atoms with van der Waals surface area (Å²) in [6.45, 7) is 5.89. The molecule has 1 saturated heterocycles. The molecule has 0 amide bonds. The number of nitrogens with one attached hydrogen (secondary N) is 1. The van der Waals surface area contributed by atoms with Gasteiger partial charge in [0.25, 0.3) is 5.69 Å². The first-order valence-electron chi connectivity index (χ1n) is 6.99. The maximum absolute atomic E-state index is 11.0. The molecule has 6 heteroatoms. The minimum atomic E-state index is -0.345. The standard InChI is InChI=1S/C14H20BrN3O2/c1-2-17(10-12-6-4-8-16-12)9-11-5-3-7-13(14(11)15)18(19)20/h3,5,7,12,16H,2,4,6,8-10H2,1H3. The van der Waals surface area contributed by atoms with E-state index in [1.807, 2.05) is 6.07 Å². The zero-order valence-electron chi connectivity index (χ0n) is 11.6. The third-order valence-corrected chi connectivity index (χ3v) is 4.65. The topological polar surface area (TPSA) is 58.4 Å². The number of nitrogens with zero attached hydrogens (tertiary/aromatic N) is 2. The van der Waals surface area contributed by atoms with Crippen LogP contribution in [-0.2, 0) is 6.54 Å². The highest BCUT2D eigenvalue weighted by atomic mass is 79.9. The van der Waals surface area contributed by atoms with E-state index in [4.69, 9.17) is 0 Å². The largest absolute Gasteiger partial charge is 0.313 e. The Morgan fingerprint density at radius 1 is 1.55 bits per heavy atom. The Bertz CT molecular complexity index is 475. The Morgan fingerprint density at radius 2 is 2.35 bits per heavy atom. The van der Waals surface area contributed by atoms with Crippen molar-refractivity contribution in [3.63, 3.8) is 0 Å². The van der Waals surface area contributed by atoms with E-state index in [1.54, 1.807) is 6.07 Å². The molecule has 1 unspecified atom stereocenters. The van der Waals surface area contributed by atoms with Crippen molar-refractivity contribution in [2.75, 3.05) is 19.6 Å². The number of hydrogen-bond donors (Lipinski definition) is 1. The predicted molar refractivity (Wildman–Crippen MR) is 82.8 cm³/mol. The molecule has 1 N–H and O–H groups in total. The first kappa shape index (κ1) is 15.4. The minimum absolute atomic E-state index is 0.137. The molecule has 0 bridgehead atoms. The molecule has 0 aliphatic carbocycles. The lowest BCUT2D eigenvalue weighted by atomic mass is 10.1. The van der Waals surface area contributed by atoms with Crippen molar-refractivity contribution in [2.24, 2.45) is 0 Å². The lowest BCUT2D eigenvalue weighted by Gasteiger charge is -2.24. The summed E-state index contributed by atoms with van der Waals surface area (Å²) in [5.41, 5.74) is 1.11. The molecule has 1 aliphatic rings. The van der Waals surface area contributed by atoms with Gasteiger partial charge in [-0.25, -0.2) is 0 Å². The number of rotatable bonds is 6. The number of halogens is 1. The Balaban J connectivity index is 2.06. The van der Waals surface area contributed by atoms with Crippen LogP contribution in [0.2, 0.25) is 0 Å². The summed E-state index contributed by atoms with van der Waals surface area (Å²) in [6.07, 6.45) is 2.45. The molecule has 0 spiro atoms. The van der Waals surface area contributed by atoms with E-state index in [9.17, 15) is 10.1 Å². The van der Waals surface area contributed by atoms with Crippen molar-refractivity contribution in [3.05, 3.63) is 38.3 Å². The molecule has 0 radical (unpaired) electrons. The van der Waals surface area contributed by atoms with Gasteiger partial charge in [-0.1, -0.05) is 19.1 Å². The molecule has 1 aromatic carbocycles. The Hall–Kier alpha value is -0.980. The third kappa shape index (κ3) is 3.77. The van der Waals surface area contributed by atoms with Crippen LogP contribution in [-0.4, -0.2) is 35.5 Å². The van der Waals surface area contributed by atoms with E-state index in [-0.39, 0.29) is 10.6 Å². The molecule has 0 aromatic heterocycles. The Morgan fingerprint density at radius 3 is 2.95 bits per heavy atom. The fourth-order valence-corrected chi connectivity index (χ4v) is 3.13. The van der Waals surface area contributed by atoms with Crippen LogP contribution in [0.1, 0.15) is 25.3 Å². The fourth-order valence-electron chi connectivity index (χ4n) is 2.60. The molecule has 110 valence electrons. The van der Waals surface area contributed by atoms with Gasteiger partial charge in [-0.2, -0.15) is 0 Å². The molecule has 1 aliphatic heterocycles. The van der Waals surface area contributed by atoms with Crippen molar-refractivity contribution in [2.45, 2.75) is 32.4 Å². The number of hydrogen-bond acceptors (Lipinski definition) is 4.